The predicted molar refractivity (Wildman–Crippen MR) is 94.5 cm³/mol. The fourth-order valence-electron chi connectivity index (χ4n) is 2.06. The number of anilines is 1. The summed E-state index contributed by atoms with van der Waals surface area (Å²) in [5.41, 5.74) is 20.2. The van der Waals surface area contributed by atoms with Gasteiger partial charge in [-0.25, -0.2) is 5.43 Å². The van der Waals surface area contributed by atoms with Crippen molar-refractivity contribution in [2.45, 2.75) is 6.54 Å². The highest BCUT2D eigenvalue weighted by Gasteiger charge is 2.04. The van der Waals surface area contributed by atoms with Gasteiger partial charge in [0.15, 0.2) is 0 Å². The van der Waals surface area contributed by atoms with E-state index >= 15 is 0 Å². The van der Waals surface area contributed by atoms with E-state index in [4.69, 9.17) is 11.5 Å². The lowest BCUT2D eigenvalue weighted by atomic mass is 10.1. The van der Waals surface area contributed by atoms with Gasteiger partial charge in [0.25, 0.3) is 0 Å². The van der Waals surface area contributed by atoms with Crippen LogP contribution in [-0.2, 0) is 6.54 Å². The van der Waals surface area contributed by atoms with Crippen molar-refractivity contribution in [3.05, 3.63) is 65.7 Å². The fraction of sp³-hybridized carbons (Fsp3) is 0.118. The van der Waals surface area contributed by atoms with Crippen molar-refractivity contribution in [1.29, 1.82) is 0 Å². The lowest BCUT2D eigenvalue weighted by Gasteiger charge is -2.08. The third-order valence-electron chi connectivity index (χ3n) is 3.14. The number of para-hydroxylation sites is 1. The molecular weight excluding hydrogens is 290 g/mol. The summed E-state index contributed by atoms with van der Waals surface area (Å²) in [7, 11) is 1.74. The quantitative estimate of drug-likeness (QED) is 0.249. The van der Waals surface area contributed by atoms with Crippen LogP contribution in [0.15, 0.2) is 59.6 Å². The molecule has 2 aromatic carbocycles. The number of phenolic OH excluding ortho intramolecular Hbond substituents is 1. The van der Waals surface area contributed by atoms with Gasteiger partial charge in [-0.1, -0.05) is 24.3 Å². The van der Waals surface area contributed by atoms with E-state index in [1.807, 2.05) is 30.3 Å². The first-order chi connectivity index (χ1) is 11.1. The number of nitrogens with zero attached hydrogens (tertiary/aromatic N) is 1. The zero-order valence-corrected chi connectivity index (χ0v) is 13.0. The smallest absolute Gasteiger partial charge is 0.137 e. The molecule has 0 atom stereocenters. The summed E-state index contributed by atoms with van der Waals surface area (Å²) in [6.07, 6.45) is 1.66. The van der Waals surface area contributed by atoms with Crippen molar-refractivity contribution in [3.63, 3.8) is 0 Å². The fourth-order valence-corrected chi connectivity index (χ4v) is 2.06. The van der Waals surface area contributed by atoms with Crippen LogP contribution in [0.1, 0.15) is 11.1 Å². The number of hydrogen-bond donors (Lipinski definition) is 5. The van der Waals surface area contributed by atoms with Crippen molar-refractivity contribution in [1.82, 2.24) is 10.9 Å². The molecule has 0 spiro atoms. The lowest BCUT2D eigenvalue weighted by Crippen LogP contribution is -2.33. The average Bonchev–Trinajstić information content (AvgIpc) is 2.53. The zero-order chi connectivity index (χ0) is 16.7. The third-order valence-corrected chi connectivity index (χ3v) is 3.14. The van der Waals surface area contributed by atoms with Crippen molar-refractivity contribution < 1.29 is 5.11 Å². The summed E-state index contributed by atoms with van der Waals surface area (Å²) in [6.45, 7) is 0.458. The predicted octanol–water partition coefficient (Wildman–Crippen LogP) is 1.60. The van der Waals surface area contributed by atoms with Crippen LogP contribution in [0.2, 0.25) is 0 Å². The summed E-state index contributed by atoms with van der Waals surface area (Å²) in [5.74, 6) is 0.677. The summed E-state index contributed by atoms with van der Waals surface area (Å²) in [6, 6.07) is 14.4. The Kier molecular flexibility index (Phi) is 5.60. The zero-order valence-electron chi connectivity index (χ0n) is 13.0. The number of nitrogens with two attached hydrogens (primary N) is 2. The van der Waals surface area contributed by atoms with E-state index in [0.29, 0.717) is 29.3 Å². The minimum absolute atomic E-state index is 0.126. The summed E-state index contributed by atoms with van der Waals surface area (Å²) in [4.78, 5) is 4.47. The molecule has 23 heavy (non-hydrogen) atoms. The normalized spacial score (nSPS) is 12.2. The Morgan fingerprint density at radius 3 is 2.70 bits per heavy atom. The van der Waals surface area contributed by atoms with Gasteiger partial charge in [0, 0.05) is 30.1 Å². The molecule has 0 radical (unpaired) electrons. The molecule has 2 aromatic rings. The van der Waals surface area contributed by atoms with Crippen LogP contribution in [0.4, 0.5) is 5.69 Å². The van der Waals surface area contributed by atoms with Crippen LogP contribution in [0, 0.1) is 0 Å². The Morgan fingerprint density at radius 1 is 1.22 bits per heavy atom. The SMILES string of the molecule is CNNC(C=C(N)c1ccccc1O)=NCc1cccc(N)c1. The molecule has 7 N–H and O–H groups in total. The van der Waals surface area contributed by atoms with Gasteiger partial charge in [-0.3, -0.25) is 4.99 Å². The Hall–Kier alpha value is -2.99. The van der Waals surface area contributed by atoms with Crippen LogP contribution in [-0.4, -0.2) is 18.0 Å². The molecule has 0 aromatic heterocycles. The van der Waals surface area contributed by atoms with Gasteiger partial charge in [0.05, 0.1) is 6.54 Å². The van der Waals surface area contributed by atoms with E-state index in [-0.39, 0.29) is 5.75 Å². The van der Waals surface area contributed by atoms with E-state index in [1.165, 1.54) is 0 Å². The van der Waals surface area contributed by atoms with Crippen LogP contribution in [0.5, 0.6) is 5.75 Å². The molecule has 0 bridgehead atoms. The number of nitrogens with one attached hydrogen (secondary N) is 2. The number of benzene rings is 2. The molecule has 0 fully saturated rings. The Balaban J connectivity index is 2.22. The number of phenols is 1. The molecule has 0 saturated carbocycles. The molecule has 6 heteroatoms. The minimum Gasteiger partial charge on any atom is -0.507 e. The molecular formula is C17H21N5O. The number of aromatic hydroxyl groups is 1. The van der Waals surface area contributed by atoms with Crippen molar-refractivity contribution in [2.24, 2.45) is 10.7 Å². The second-order valence-corrected chi connectivity index (χ2v) is 4.94. The van der Waals surface area contributed by atoms with E-state index in [2.05, 4.69) is 15.8 Å². The van der Waals surface area contributed by atoms with Gasteiger partial charge in [-0.2, -0.15) is 0 Å². The largest absolute Gasteiger partial charge is 0.507 e. The first-order valence-corrected chi connectivity index (χ1v) is 7.17. The topological polar surface area (TPSA) is 109 Å². The molecule has 0 aliphatic rings. The molecule has 0 aliphatic carbocycles. The van der Waals surface area contributed by atoms with Crippen molar-refractivity contribution >= 4 is 17.2 Å². The Labute approximate surface area is 135 Å². The van der Waals surface area contributed by atoms with Crippen LogP contribution >= 0.6 is 0 Å². The first kappa shape index (κ1) is 16.4. The van der Waals surface area contributed by atoms with Gasteiger partial charge >= 0.3 is 0 Å². The van der Waals surface area contributed by atoms with Gasteiger partial charge in [-0.15, -0.1) is 0 Å². The van der Waals surface area contributed by atoms with E-state index < -0.39 is 0 Å². The second-order valence-electron chi connectivity index (χ2n) is 4.94. The van der Waals surface area contributed by atoms with Gasteiger partial charge in [0.1, 0.15) is 11.6 Å². The highest BCUT2D eigenvalue weighted by atomic mass is 16.3. The maximum Gasteiger partial charge on any atom is 0.137 e. The molecule has 0 heterocycles. The van der Waals surface area contributed by atoms with E-state index in [1.54, 1.807) is 31.3 Å². The number of aliphatic imine (C=N–C) groups is 1. The van der Waals surface area contributed by atoms with Crippen LogP contribution < -0.4 is 22.3 Å². The number of amidine groups is 1. The third kappa shape index (κ3) is 4.76. The van der Waals surface area contributed by atoms with Crippen molar-refractivity contribution in [3.8, 4) is 5.75 Å². The molecule has 120 valence electrons. The lowest BCUT2D eigenvalue weighted by molar-refractivity contribution is 0.473. The second kappa shape index (κ2) is 7.86. The monoisotopic (exact) mass is 311 g/mol. The maximum atomic E-state index is 9.85. The summed E-state index contributed by atoms with van der Waals surface area (Å²) >= 11 is 0. The molecule has 0 amide bonds. The number of hydrogen-bond acceptors (Lipinski definition) is 5. The molecule has 0 saturated heterocycles. The molecule has 2 rings (SSSR count). The molecule has 0 unspecified atom stereocenters. The summed E-state index contributed by atoms with van der Waals surface area (Å²) < 4.78 is 0. The van der Waals surface area contributed by atoms with Gasteiger partial charge in [-0.05, 0) is 29.8 Å². The summed E-state index contributed by atoms with van der Waals surface area (Å²) in [5, 5.41) is 9.85. The molecule has 6 nitrogen and oxygen atoms in total. The standard InChI is InChI=1S/C17H21N5O/c1-20-22-17(21-11-12-5-4-6-13(18)9-12)10-15(19)14-7-2-3-8-16(14)23/h2-10,20,23H,11,18-19H2,1H3,(H,21,22). The van der Waals surface area contributed by atoms with E-state index in [0.717, 1.165) is 5.56 Å². The number of rotatable bonds is 5. The van der Waals surface area contributed by atoms with E-state index in [9.17, 15) is 5.11 Å². The highest BCUT2D eigenvalue weighted by Crippen LogP contribution is 2.20. The van der Waals surface area contributed by atoms with Gasteiger partial charge in [0.2, 0.25) is 0 Å². The van der Waals surface area contributed by atoms with Crippen LogP contribution in [0.3, 0.4) is 0 Å². The van der Waals surface area contributed by atoms with Crippen molar-refractivity contribution in [2.75, 3.05) is 12.8 Å². The maximum absolute atomic E-state index is 9.85. The van der Waals surface area contributed by atoms with Crippen LogP contribution in [0.25, 0.3) is 5.70 Å². The minimum atomic E-state index is 0.126. The number of nitrogen functional groups attached to an aromatic ring is 1. The Bertz CT molecular complexity index is 724. The Morgan fingerprint density at radius 2 is 2.00 bits per heavy atom. The first-order valence-electron chi connectivity index (χ1n) is 7.17. The number of hydrazine groups is 1. The average molecular weight is 311 g/mol. The molecule has 0 aliphatic heterocycles. The van der Waals surface area contributed by atoms with Gasteiger partial charge < -0.3 is 22.0 Å². The highest BCUT2D eigenvalue weighted by molar-refractivity contribution is 5.98.